The Kier molecular flexibility index (Phi) is 5.77. The van der Waals surface area contributed by atoms with Crippen molar-refractivity contribution in [1.82, 2.24) is 19.5 Å². The molecule has 6 nitrogen and oxygen atoms in total. The van der Waals surface area contributed by atoms with Crippen LogP contribution in [0.25, 0.3) is 29.2 Å². The van der Waals surface area contributed by atoms with Crippen LogP contribution in [-0.4, -0.2) is 45.8 Å². The fourth-order valence-electron chi connectivity index (χ4n) is 3.74. The first kappa shape index (κ1) is 20.0. The number of imidazole rings is 1. The van der Waals surface area contributed by atoms with E-state index in [0.717, 1.165) is 71.2 Å². The third-order valence-corrected chi connectivity index (χ3v) is 5.32. The maximum absolute atomic E-state index is 5.47. The average molecular weight is 402 g/mol. The summed E-state index contributed by atoms with van der Waals surface area (Å²) in [5.41, 5.74) is 4.08. The molecule has 30 heavy (non-hydrogen) atoms. The van der Waals surface area contributed by atoms with E-state index in [-0.39, 0.29) is 0 Å². The molecule has 6 heteroatoms. The highest BCUT2D eigenvalue weighted by Crippen LogP contribution is 2.25. The number of hydrogen-bond donors (Lipinski definition) is 0. The van der Waals surface area contributed by atoms with Crippen molar-refractivity contribution in [3.8, 4) is 17.1 Å². The van der Waals surface area contributed by atoms with Crippen LogP contribution in [0.1, 0.15) is 18.2 Å². The Bertz CT molecular complexity index is 1170. The molecule has 0 aliphatic carbocycles. The van der Waals surface area contributed by atoms with E-state index >= 15 is 0 Å². The zero-order valence-corrected chi connectivity index (χ0v) is 17.8. The molecule has 0 aromatic carbocycles. The zero-order chi connectivity index (χ0) is 21.1. The molecule has 0 radical (unpaired) electrons. The quantitative estimate of drug-likeness (QED) is 0.673. The Morgan fingerprint density at radius 2 is 1.90 bits per heavy atom. The summed E-state index contributed by atoms with van der Waals surface area (Å²) >= 11 is 0. The molecule has 0 saturated carbocycles. The van der Waals surface area contributed by atoms with Crippen LogP contribution >= 0.6 is 0 Å². The van der Waals surface area contributed by atoms with Gasteiger partial charge in [-0.3, -0.25) is 9.55 Å². The van der Waals surface area contributed by atoms with Crippen molar-refractivity contribution in [2.45, 2.75) is 20.8 Å². The largest absolute Gasteiger partial charge is 0.378 e. The molecule has 0 unspecified atom stereocenters. The molecule has 4 heterocycles. The van der Waals surface area contributed by atoms with Crippen LogP contribution in [0.5, 0.6) is 0 Å². The lowest BCUT2D eigenvalue weighted by molar-refractivity contribution is 0.122. The topological polar surface area (TPSA) is 56.1 Å². The third kappa shape index (κ3) is 3.78. The smallest absolute Gasteiger partial charge is 0.147 e. The first-order valence-corrected chi connectivity index (χ1v) is 10.2. The van der Waals surface area contributed by atoms with Crippen LogP contribution in [-0.2, 0) is 4.74 Å². The van der Waals surface area contributed by atoms with Crippen LogP contribution in [0.3, 0.4) is 0 Å². The van der Waals surface area contributed by atoms with Gasteiger partial charge in [-0.15, -0.1) is 0 Å². The molecule has 0 amide bonds. The van der Waals surface area contributed by atoms with Crippen molar-refractivity contribution >= 4 is 18.0 Å². The molecule has 3 aromatic heterocycles. The number of anilines is 1. The Morgan fingerprint density at radius 3 is 2.53 bits per heavy atom. The van der Waals surface area contributed by atoms with Crippen LogP contribution in [0, 0.1) is 13.8 Å². The molecule has 154 valence electrons. The summed E-state index contributed by atoms with van der Waals surface area (Å²) in [4.78, 5) is 16.5. The van der Waals surface area contributed by atoms with Gasteiger partial charge in [0.25, 0.3) is 0 Å². The molecule has 0 spiro atoms. The summed E-state index contributed by atoms with van der Waals surface area (Å²) in [7, 11) is 0. The first-order chi connectivity index (χ1) is 14.6. The summed E-state index contributed by atoms with van der Waals surface area (Å²) in [6, 6.07) is 6.23. The molecule has 0 atom stereocenters. The lowest BCUT2D eigenvalue weighted by Gasteiger charge is -2.28. The van der Waals surface area contributed by atoms with E-state index in [1.165, 1.54) is 0 Å². The van der Waals surface area contributed by atoms with Gasteiger partial charge < -0.3 is 9.64 Å². The van der Waals surface area contributed by atoms with E-state index in [4.69, 9.17) is 14.7 Å². The Labute approximate surface area is 176 Å². The van der Waals surface area contributed by atoms with Gasteiger partial charge in [0.1, 0.15) is 11.6 Å². The van der Waals surface area contributed by atoms with Crippen LogP contribution in [0.4, 0.5) is 5.82 Å². The molecule has 1 saturated heterocycles. The maximum Gasteiger partial charge on any atom is 0.147 e. The number of morpholine rings is 1. The molecule has 0 N–H and O–H groups in total. The van der Waals surface area contributed by atoms with Gasteiger partial charge in [0, 0.05) is 30.5 Å². The number of rotatable bonds is 4. The highest BCUT2D eigenvalue weighted by molar-refractivity contribution is 5.65. The average Bonchev–Trinajstić information content (AvgIpc) is 3.13. The molecular formula is C24H27N5O. The fourth-order valence-corrected chi connectivity index (χ4v) is 3.74. The SMILES string of the molecule is C=C/C=c1/nc(-c2cnc(N3CCOCC3)cc2C)n(-c2ccc(C)nc2)/c1=C/C. The number of hydrogen-bond acceptors (Lipinski definition) is 5. The minimum absolute atomic E-state index is 0.740. The number of aromatic nitrogens is 4. The Balaban J connectivity index is 1.89. The second-order valence-electron chi connectivity index (χ2n) is 7.35. The lowest BCUT2D eigenvalue weighted by Crippen LogP contribution is -2.36. The minimum atomic E-state index is 0.740. The third-order valence-electron chi connectivity index (χ3n) is 5.32. The van der Waals surface area contributed by atoms with Gasteiger partial charge in [-0.05, 0) is 50.6 Å². The van der Waals surface area contributed by atoms with Gasteiger partial charge in [0.15, 0.2) is 0 Å². The van der Waals surface area contributed by atoms with Gasteiger partial charge in [0.05, 0.1) is 35.8 Å². The van der Waals surface area contributed by atoms with E-state index in [1.54, 1.807) is 6.08 Å². The molecule has 1 aliphatic rings. The van der Waals surface area contributed by atoms with Crippen LogP contribution in [0.15, 0.2) is 43.2 Å². The van der Waals surface area contributed by atoms with Crippen molar-refractivity contribution in [2.24, 2.45) is 0 Å². The van der Waals surface area contributed by atoms with Gasteiger partial charge in [0.2, 0.25) is 0 Å². The van der Waals surface area contributed by atoms with Crippen LogP contribution < -0.4 is 15.6 Å². The summed E-state index contributed by atoms with van der Waals surface area (Å²) < 4.78 is 7.60. The molecular weight excluding hydrogens is 374 g/mol. The molecule has 1 fully saturated rings. The summed E-state index contributed by atoms with van der Waals surface area (Å²) in [6.07, 6.45) is 9.58. The molecule has 4 rings (SSSR count). The van der Waals surface area contributed by atoms with Gasteiger partial charge >= 0.3 is 0 Å². The fraction of sp³-hybridized carbons (Fsp3) is 0.292. The van der Waals surface area contributed by atoms with E-state index in [2.05, 4.69) is 46.2 Å². The van der Waals surface area contributed by atoms with E-state index in [1.807, 2.05) is 38.4 Å². The highest BCUT2D eigenvalue weighted by atomic mass is 16.5. The predicted octanol–water partition coefficient (Wildman–Crippen LogP) is 2.55. The lowest BCUT2D eigenvalue weighted by atomic mass is 10.1. The molecule has 0 bridgehead atoms. The predicted molar refractivity (Wildman–Crippen MR) is 121 cm³/mol. The van der Waals surface area contributed by atoms with Gasteiger partial charge in [-0.25, -0.2) is 9.97 Å². The van der Waals surface area contributed by atoms with Crippen molar-refractivity contribution in [2.75, 3.05) is 31.2 Å². The second-order valence-corrected chi connectivity index (χ2v) is 7.35. The maximum atomic E-state index is 5.47. The second kappa shape index (κ2) is 8.63. The Hall–Kier alpha value is -3.25. The van der Waals surface area contributed by atoms with Gasteiger partial charge in [-0.1, -0.05) is 18.7 Å². The number of pyridine rings is 2. The van der Waals surface area contributed by atoms with Crippen molar-refractivity contribution in [1.29, 1.82) is 0 Å². The van der Waals surface area contributed by atoms with E-state index in [0.29, 0.717) is 0 Å². The minimum Gasteiger partial charge on any atom is -0.378 e. The number of allylic oxidation sites excluding steroid dienone is 1. The van der Waals surface area contributed by atoms with E-state index < -0.39 is 0 Å². The summed E-state index contributed by atoms with van der Waals surface area (Å²) in [5.74, 6) is 1.83. The van der Waals surface area contributed by atoms with Crippen molar-refractivity contribution in [3.05, 3.63) is 65.2 Å². The molecule has 1 aliphatic heterocycles. The van der Waals surface area contributed by atoms with E-state index in [9.17, 15) is 0 Å². The standard InChI is InChI=1S/C24H27N5O/c1-5-7-21-22(6-2)29(19-9-8-18(4)25-15-19)24(27-21)20-16-26-23(14-17(20)3)28-10-12-30-13-11-28/h5-9,14-16H,1,10-13H2,2-4H3/b21-7+,22-6+. The van der Waals surface area contributed by atoms with Crippen molar-refractivity contribution in [3.63, 3.8) is 0 Å². The van der Waals surface area contributed by atoms with Gasteiger partial charge in [-0.2, -0.15) is 0 Å². The Morgan fingerprint density at radius 1 is 1.10 bits per heavy atom. The summed E-state index contributed by atoms with van der Waals surface area (Å²) in [6.45, 7) is 13.2. The monoisotopic (exact) mass is 401 g/mol. The zero-order valence-electron chi connectivity index (χ0n) is 17.8. The normalized spacial score (nSPS) is 15.6. The first-order valence-electron chi connectivity index (χ1n) is 10.2. The molecule has 3 aromatic rings. The van der Waals surface area contributed by atoms with Crippen molar-refractivity contribution < 1.29 is 4.74 Å². The number of nitrogens with zero attached hydrogens (tertiary/aromatic N) is 5. The van der Waals surface area contributed by atoms with Crippen LogP contribution in [0.2, 0.25) is 0 Å². The number of aryl methyl sites for hydroxylation is 2. The highest BCUT2D eigenvalue weighted by Gasteiger charge is 2.18. The summed E-state index contributed by atoms with van der Waals surface area (Å²) in [5, 5.41) is 1.88. The number of ether oxygens (including phenoxy) is 1.